The summed E-state index contributed by atoms with van der Waals surface area (Å²) in [5, 5.41) is 12.6. The molecule has 13 heavy (non-hydrogen) atoms. The van der Waals surface area contributed by atoms with E-state index in [2.05, 4.69) is 26.0 Å². The summed E-state index contributed by atoms with van der Waals surface area (Å²) in [7, 11) is 0. The van der Waals surface area contributed by atoms with Gasteiger partial charge in [-0.15, -0.1) is 5.10 Å². The normalized spacial score (nSPS) is 10.5. The van der Waals surface area contributed by atoms with Crippen LogP contribution in [0.2, 0.25) is 0 Å². The molecule has 2 heterocycles. The molecule has 0 saturated heterocycles. The highest BCUT2D eigenvalue weighted by Gasteiger charge is 2.05. The van der Waals surface area contributed by atoms with E-state index >= 15 is 0 Å². The van der Waals surface area contributed by atoms with E-state index in [1.807, 2.05) is 0 Å². The Labute approximate surface area is 81.1 Å². The number of aromatic carboxylic acids is 1. The molecule has 0 fully saturated rings. The van der Waals surface area contributed by atoms with Crippen molar-refractivity contribution in [2.24, 2.45) is 0 Å². The Balaban J connectivity index is 2.67. The fourth-order valence-corrected chi connectivity index (χ4v) is 1.34. The first-order valence-corrected chi connectivity index (χ1v) is 4.21. The largest absolute Gasteiger partial charge is 0.478 e. The fourth-order valence-electron chi connectivity index (χ4n) is 0.982. The lowest BCUT2D eigenvalue weighted by molar-refractivity contribution is 0.0696. The summed E-state index contributed by atoms with van der Waals surface area (Å²) in [4.78, 5) is 14.6. The van der Waals surface area contributed by atoms with Crippen LogP contribution in [-0.2, 0) is 0 Å². The van der Waals surface area contributed by atoms with Crippen LogP contribution in [0.15, 0.2) is 23.1 Å². The van der Waals surface area contributed by atoms with Gasteiger partial charge in [0.25, 0.3) is 0 Å². The Morgan fingerprint density at radius 1 is 1.54 bits per heavy atom. The highest BCUT2D eigenvalue weighted by atomic mass is 79.9. The zero-order valence-corrected chi connectivity index (χ0v) is 7.89. The van der Waals surface area contributed by atoms with Crippen LogP contribution >= 0.6 is 15.9 Å². The SMILES string of the molecule is O=C(O)c1ccc2nc(Br)nn2c1. The molecule has 1 N–H and O–H groups in total. The maximum atomic E-state index is 10.6. The van der Waals surface area contributed by atoms with Crippen LogP contribution < -0.4 is 0 Å². The minimum absolute atomic E-state index is 0.185. The van der Waals surface area contributed by atoms with Gasteiger partial charge in [0.15, 0.2) is 5.65 Å². The third-order valence-corrected chi connectivity index (χ3v) is 1.89. The predicted octanol–water partition coefficient (Wildman–Crippen LogP) is 1.19. The number of hydrogen-bond acceptors (Lipinski definition) is 3. The molecule has 6 heteroatoms. The van der Waals surface area contributed by atoms with Crippen molar-refractivity contribution in [1.29, 1.82) is 0 Å². The van der Waals surface area contributed by atoms with Crippen LogP contribution in [0.1, 0.15) is 10.4 Å². The first-order chi connectivity index (χ1) is 6.16. The van der Waals surface area contributed by atoms with E-state index in [1.165, 1.54) is 16.8 Å². The second-order valence-corrected chi connectivity index (χ2v) is 3.12. The Bertz CT molecular complexity index is 480. The molecule has 0 amide bonds. The summed E-state index contributed by atoms with van der Waals surface area (Å²) >= 11 is 3.10. The molecule has 2 aromatic rings. The van der Waals surface area contributed by atoms with E-state index < -0.39 is 5.97 Å². The van der Waals surface area contributed by atoms with Gasteiger partial charge >= 0.3 is 5.97 Å². The van der Waals surface area contributed by atoms with E-state index in [1.54, 1.807) is 6.07 Å². The zero-order chi connectivity index (χ0) is 9.42. The van der Waals surface area contributed by atoms with Crippen molar-refractivity contribution in [3.63, 3.8) is 0 Å². The Morgan fingerprint density at radius 3 is 3.00 bits per heavy atom. The molecule has 2 aromatic heterocycles. The van der Waals surface area contributed by atoms with Crippen LogP contribution in [0.5, 0.6) is 0 Å². The first-order valence-electron chi connectivity index (χ1n) is 3.42. The number of carboxylic acid groups (broad SMARTS) is 1. The maximum absolute atomic E-state index is 10.6. The molecule has 0 radical (unpaired) electrons. The van der Waals surface area contributed by atoms with Gasteiger partial charge in [-0.2, -0.15) is 0 Å². The third kappa shape index (κ3) is 1.40. The first kappa shape index (κ1) is 8.18. The molecule has 0 aliphatic carbocycles. The number of pyridine rings is 1. The van der Waals surface area contributed by atoms with E-state index in [4.69, 9.17) is 5.11 Å². The average Bonchev–Trinajstić information content (AvgIpc) is 2.42. The van der Waals surface area contributed by atoms with Gasteiger partial charge in [0.05, 0.1) is 5.56 Å². The molecule has 0 unspecified atom stereocenters. The van der Waals surface area contributed by atoms with Crippen LogP contribution in [0.4, 0.5) is 0 Å². The Hall–Kier alpha value is -1.43. The Kier molecular flexibility index (Phi) is 1.77. The summed E-state index contributed by atoms with van der Waals surface area (Å²) in [5.74, 6) is -0.978. The second kappa shape index (κ2) is 2.81. The number of hydrogen-bond donors (Lipinski definition) is 1. The van der Waals surface area contributed by atoms with Crippen molar-refractivity contribution < 1.29 is 9.90 Å². The highest BCUT2D eigenvalue weighted by Crippen LogP contribution is 2.08. The number of aromatic nitrogens is 3. The van der Waals surface area contributed by atoms with Gasteiger partial charge in [0, 0.05) is 6.20 Å². The van der Waals surface area contributed by atoms with Gasteiger partial charge < -0.3 is 5.11 Å². The molecule has 0 saturated carbocycles. The summed E-state index contributed by atoms with van der Waals surface area (Å²) in [5.41, 5.74) is 0.793. The lowest BCUT2D eigenvalue weighted by Gasteiger charge is -1.93. The molecule has 0 bridgehead atoms. The van der Waals surface area contributed by atoms with Crippen molar-refractivity contribution in [2.75, 3.05) is 0 Å². The predicted molar refractivity (Wildman–Crippen MR) is 47.6 cm³/mol. The average molecular weight is 242 g/mol. The molecule has 0 aliphatic heterocycles. The number of halogens is 1. The van der Waals surface area contributed by atoms with E-state index in [-0.39, 0.29) is 5.56 Å². The van der Waals surface area contributed by atoms with Crippen LogP contribution in [-0.4, -0.2) is 25.7 Å². The van der Waals surface area contributed by atoms with Crippen LogP contribution in [0.25, 0.3) is 5.65 Å². The number of rotatable bonds is 1. The third-order valence-electron chi connectivity index (χ3n) is 1.55. The number of nitrogens with zero attached hydrogens (tertiary/aromatic N) is 3. The number of fused-ring (bicyclic) bond motifs is 1. The summed E-state index contributed by atoms with van der Waals surface area (Å²) in [6.45, 7) is 0. The minimum atomic E-state index is -0.978. The van der Waals surface area contributed by atoms with Crippen molar-refractivity contribution >= 4 is 27.5 Å². The quantitative estimate of drug-likeness (QED) is 0.815. The van der Waals surface area contributed by atoms with Crippen LogP contribution in [0.3, 0.4) is 0 Å². The van der Waals surface area contributed by atoms with E-state index in [9.17, 15) is 4.79 Å². The molecule has 0 spiro atoms. The number of carboxylic acids is 1. The summed E-state index contributed by atoms with van der Waals surface area (Å²) in [6.07, 6.45) is 1.41. The molecular weight excluding hydrogens is 238 g/mol. The Morgan fingerprint density at radius 2 is 2.31 bits per heavy atom. The summed E-state index contributed by atoms with van der Waals surface area (Å²) in [6, 6.07) is 3.08. The van der Waals surface area contributed by atoms with Gasteiger partial charge in [-0.25, -0.2) is 14.3 Å². The highest BCUT2D eigenvalue weighted by molar-refractivity contribution is 9.10. The van der Waals surface area contributed by atoms with Gasteiger partial charge in [-0.3, -0.25) is 0 Å². The minimum Gasteiger partial charge on any atom is -0.478 e. The molecule has 0 aromatic carbocycles. The van der Waals surface area contributed by atoms with Crippen molar-refractivity contribution in [1.82, 2.24) is 14.6 Å². The lowest BCUT2D eigenvalue weighted by atomic mass is 10.3. The fraction of sp³-hybridized carbons (Fsp3) is 0. The molecule has 0 atom stereocenters. The van der Waals surface area contributed by atoms with Crippen LogP contribution in [0, 0.1) is 0 Å². The summed E-state index contributed by atoms with van der Waals surface area (Å²) < 4.78 is 1.85. The zero-order valence-electron chi connectivity index (χ0n) is 6.31. The van der Waals surface area contributed by atoms with Gasteiger partial charge in [-0.05, 0) is 28.1 Å². The molecule has 66 valence electrons. The second-order valence-electron chi connectivity index (χ2n) is 2.41. The maximum Gasteiger partial charge on any atom is 0.337 e. The van der Waals surface area contributed by atoms with Crippen molar-refractivity contribution in [3.8, 4) is 0 Å². The monoisotopic (exact) mass is 241 g/mol. The van der Waals surface area contributed by atoms with Gasteiger partial charge in [0.2, 0.25) is 4.73 Å². The standard InChI is InChI=1S/C7H4BrN3O2/c8-7-9-5-2-1-4(6(12)13)3-11(5)10-7/h1-3H,(H,12,13). The van der Waals surface area contributed by atoms with Gasteiger partial charge in [-0.1, -0.05) is 0 Å². The molecule has 2 rings (SSSR count). The molecule has 5 nitrogen and oxygen atoms in total. The smallest absolute Gasteiger partial charge is 0.337 e. The van der Waals surface area contributed by atoms with E-state index in [0.717, 1.165) is 0 Å². The van der Waals surface area contributed by atoms with E-state index in [0.29, 0.717) is 10.4 Å². The molecule has 0 aliphatic rings. The number of carbonyl (C=O) groups is 1. The molecular formula is C7H4BrN3O2. The van der Waals surface area contributed by atoms with Crippen molar-refractivity contribution in [2.45, 2.75) is 0 Å². The van der Waals surface area contributed by atoms with Gasteiger partial charge in [0.1, 0.15) is 0 Å². The lowest BCUT2D eigenvalue weighted by Crippen LogP contribution is -1.99. The van der Waals surface area contributed by atoms with Crippen molar-refractivity contribution in [3.05, 3.63) is 28.6 Å². The topological polar surface area (TPSA) is 67.5 Å².